The molecule has 24 heavy (non-hydrogen) atoms. The molecule has 5 heteroatoms. The molecule has 2 heterocycles. The fourth-order valence-electron chi connectivity index (χ4n) is 2.86. The molecule has 0 spiro atoms. The first-order valence-corrected chi connectivity index (χ1v) is 8.08. The van der Waals surface area contributed by atoms with Crippen molar-refractivity contribution in [2.75, 3.05) is 0 Å². The summed E-state index contributed by atoms with van der Waals surface area (Å²) in [7, 11) is 0. The van der Waals surface area contributed by atoms with E-state index in [9.17, 15) is 4.79 Å². The second kappa shape index (κ2) is 6.91. The Morgan fingerprint density at radius 1 is 1.29 bits per heavy atom. The number of H-pyrrole nitrogens is 1. The summed E-state index contributed by atoms with van der Waals surface area (Å²) in [5.41, 5.74) is 4.43. The molecule has 5 nitrogen and oxygen atoms in total. The van der Waals surface area contributed by atoms with Gasteiger partial charge in [-0.1, -0.05) is 19.1 Å². The van der Waals surface area contributed by atoms with Crippen LogP contribution in [0.15, 0.2) is 36.5 Å². The van der Waals surface area contributed by atoms with E-state index < -0.39 is 5.97 Å². The summed E-state index contributed by atoms with van der Waals surface area (Å²) in [6.07, 6.45) is 2.48. The Labute approximate surface area is 142 Å². The zero-order valence-electron chi connectivity index (χ0n) is 14.9. The van der Waals surface area contributed by atoms with Crippen LogP contribution in [0, 0.1) is 6.92 Å². The number of aromatic nitrogens is 3. The number of aryl methyl sites for hydroxylation is 2. The van der Waals surface area contributed by atoms with Crippen LogP contribution in [0.5, 0.6) is 0 Å². The van der Waals surface area contributed by atoms with Crippen LogP contribution in [-0.2, 0) is 12.0 Å². The molecular weight excluding hydrogens is 302 g/mol. The largest absolute Gasteiger partial charge is 0.477 e. The second-order valence-corrected chi connectivity index (χ2v) is 6.78. The number of benzene rings is 1. The van der Waals surface area contributed by atoms with E-state index in [-0.39, 0.29) is 11.2 Å². The Bertz CT molecular complexity index is 824. The third-order valence-electron chi connectivity index (χ3n) is 3.90. The number of aromatic carboxylic acids is 1. The van der Waals surface area contributed by atoms with Gasteiger partial charge in [-0.05, 0) is 57.9 Å². The van der Waals surface area contributed by atoms with Gasteiger partial charge in [-0.25, -0.2) is 4.79 Å². The monoisotopic (exact) mass is 327 g/mol. The maximum atomic E-state index is 9.99. The number of carboxylic acid groups (broad SMARTS) is 1. The summed E-state index contributed by atoms with van der Waals surface area (Å²) in [5.74, 6) is -0.984. The van der Waals surface area contributed by atoms with Crippen LogP contribution >= 0.6 is 0 Å². The van der Waals surface area contributed by atoms with E-state index in [2.05, 4.69) is 73.6 Å². The zero-order chi connectivity index (χ0) is 17.9. The smallest absolute Gasteiger partial charge is 0.353 e. The van der Waals surface area contributed by atoms with Gasteiger partial charge in [0.2, 0.25) is 0 Å². The number of fused-ring (bicyclic) bond motifs is 1. The van der Waals surface area contributed by atoms with Crippen molar-refractivity contribution in [2.24, 2.45) is 0 Å². The van der Waals surface area contributed by atoms with Crippen molar-refractivity contribution in [3.63, 3.8) is 0 Å². The van der Waals surface area contributed by atoms with Gasteiger partial charge in [0.25, 0.3) is 0 Å². The lowest BCUT2D eigenvalue weighted by Crippen LogP contribution is -2.23. The van der Waals surface area contributed by atoms with Gasteiger partial charge in [0, 0.05) is 28.3 Å². The Hall–Kier alpha value is -2.56. The molecule has 0 aliphatic rings. The average Bonchev–Trinajstić information content (AvgIpc) is 3.15. The predicted octanol–water partition coefficient (Wildman–Crippen LogP) is 4.38. The van der Waals surface area contributed by atoms with E-state index in [0.717, 1.165) is 6.42 Å². The molecule has 0 bridgehead atoms. The third kappa shape index (κ3) is 3.67. The molecule has 0 aliphatic carbocycles. The quantitative estimate of drug-likeness (QED) is 0.734. The fraction of sp³-hybridized carbons (Fsp3) is 0.368. The molecule has 0 fully saturated rings. The SMILES string of the molecule is CCc1cc2c(C)cccc2n1C(C)(C)C.O=C(O)c1ccn[nH]1. The second-order valence-electron chi connectivity index (χ2n) is 6.78. The van der Waals surface area contributed by atoms with Crippen LogP contribution < -0.4 is 0 Å². The molecule has 3 rings (SSSR count). The summed E-state index contributed by atoms with van der Waals surface area (Å²) in [6.45, 7) is 11.2. The van der Waals surface area contributed by atoms with Crippen LogP contribution in [0.1, 0.15) is 49.4 Å². The van der Waals surface area contributed by atoms with Gasteiger partial charge >= 0.3 is 5.97 Å². The molecule has 128 valence electrons. The first-order chi connectivity index (χ1) is 11.3. The number of carboxylic acids is 1. The Morgan fingerprint density at radius 3 is 2.46 bits per heavy atom. The van der Waals surface area contributed by atoms with E-state index in [4.69, 9.17) is 5.11 Å². The molecule has 0 amide bonds. The van der Waals surface area contributed by atoms with Crippen LogP contribution in [0.2, 0.25) is 0 Å². The predicted molar refractivity (Wildman–Crippen MR) is 96.6 cm³/mol. The van der Waals surface area contributed by atoms with Crippen LogP contribution in [0.3, 0.4) is 0 Å². The Kier molecular flexibility index (Phi) is 5.12. The minimum absolute atomic E-state index is 0.116. The summed E-state index contributed by atoms with van der Waals surface area (Å²) < 4.78 is 2.47. The van der Waals surface area contributed by atoms with E-state index in [0.29, 0.717) is 0 Å². The molecule has 2 aromatic heterocycles. The lowest BCUT2D eigenvalue weighted by Gasteiger charge is -2.25. The van der Waals surface area contributed by atoms with Gasteiger partial charge in [0.1, 0.15) is 5.69 Å². The van der Waals surface area contributed by atoms with Gasteiger partial charge in [-0.15, -0.1) is 0 Å². The number of carbonyl (C=O) groups is 1. The van der Waals surface area contributed by atoms with E-state index in [1.165, 1.54) is 34.4 Å². The van der Waals surface area contributed by atoms with Crippen molar-refractivity contribution >= 4 is 16.9 Å². The van der Waals surface area contributed by atoms with Gasteiger partial charge < -0.3 is 9.67 Å². The molecule has 1 aromatic carbocycles. The molecule has 0 atom stereocenters. The maximum absolute atomic E-state index is 9.99. The van der Waals surface area contributed by atoms with E-state index in [1.54, 1.807) is 0 Å². The van der Waals surface area contributed by atoms with Crippen molar-refractivity contribution in [3.8, 4) is 0 Å². The normalized spacial score (nSPS) is 11.2. The highest BCUT2D eigenvalue weighted by Gasteiger charge is 2.19. The first-order valence-electron chi connectivity index (χ1n) is 8.08. The van der Waals surface area contributed by atoms with Gasteiger partial charge in [0.15, 0.2) is 0 Å². The Balaban J connectivity index is 0.000000219. The van der Waals surface area contributed by atoms with Crippen molar-refractivity contribution < 1.29 is 9.90 Å². The minimum atomic E-state index is -0.984. The minimum Gasteiger partial charge on any atom is -0.477 e. The van der Waals surface area contributed by atoms with Crippen molar-refractivity contribution in [2.45, 2.75) is 46.6 Å². The number of hydrogen-bond acceptors (Lipinski definition) is 2. The molecular formula is C19H25N3O2. The molecule has 0 aliphatic heterocycles. The van der Waals surface area contributed by atoms with E-state index in [1.807, 2.05) is 0 Å². The summed E-state index contributed by atoms with van der Waals surface area (Å²) in [4.78, 5) is 9.99. The lowest BCUT2D eigenvalue weighted by molar-refractivity contribution is 0.0690. The molecule has 2 N–H and O–H groups in total. The van der Waals surface area contributed by atoms with Gasteiger partial charge in [-0.3, -0.25) is 5.10 Å². The molecule has 0 saturated carbocycles. The van der Waals surface area contributed by atoms with Crippen molar-refractivity contribution in [3.05, 3.63) is 53.5 Å². The number of rotatable bonds is 2. The highest BCUT2D eigenvalue weighted by molar-refractivity contribution is 5.85. The standard InChI is InChI=1S/C15H21N.C4H4N2O2/c1-6-12-10-13-11(2)8-7-9-14(13)16(12)15(3,4)5;7-4(8)3-1-2-5-6-3/h7-10H,6H2,1-5H3;1-2H,(H,5,6)(H,7,8). The highest BCUT2D eigenvalue weighted by Crippen LogP contribution is 2.29. The summed E-state index contributed by atoms with van der Waals surface area (Å²) in [6, 6.07) is 10.3. The first kappa shape index (κ1) is 17.8. The van der Waals surface area contributed by atoms with E-state index >= 15 is 0 Å². The Morgan fingerprint density at radius 2 is 2.00 bits per heavy atom. The number of aromatic amines is 1. The lowest BCUT2D eigenvalue weighted by atomic mass is 10.1. The average molecular weight is 327 g/mol. The van der Waals surface area contributed by atoms with Gasteiger partial charge in [-0.2, -0.15) is 5.10 Å². The molecule has 0 unspecified atom stereocenters. The van der Waals surface area contributed by atoms with Crippen LogP contribution in [0.25, 0.3) is 10.9 Å². The zero-order valence-corrected chi connectivity index (χ0v) is 14.9. The highest BCUT2D eigenvalue weighted by atomic mass is 16.4. The number of hydrogen-bond donors (Lipinski definition) is 2. The number of nitrogens with zero attached hydrogens (tertiary/aromatic N) is 2. The maximum Gasteiger partial charge on any atom is 0.353 e. The van der Waals surface area contributed by atoms with Crippen molar-refractivity contribution in [1.29, 1.82) is 0 Å². The van der Waals surface area contributed by atoms with Crippen molar-refractivity contribution in [1.82, 2.24) is 14.8 Å². The molecule has 0 radical (unpaired) electrons. The summed E-state index contributed by atoms with van der Waals surface area (Å²) >= 11 is 0. The molecule has 3 aromatic rings. The molecule has 0 saturated heterocycles. The topological polar surface area (TPSA) is 70.9 Å². The summed E-state index contributed by atoms with van der Waals surface area (Å²) in [5, 5.41) is 15.3. The fourth-order valence-corrected chi connectivity index (χ4v) is 2.86. The van der Waals surface area contributed by atoms with Gasteiger partial charge in [0.05, 0.1) is 0 Å². The van der Waals surface area contributed by atoms with Crippen LogP contribution in [-0.4, -0.2) is 25.8 Å². The number of nitrogens with one attached hydrogen (secondary N) is 1. The van der Waals surface area contributed by atoms with Crippen LogP contribution in [0.4, 0.5) is 0 Å². The third-order valence-corrected chi connectivity index (χ3v) is 3.90.